The van der Waals surface area contributed by atoms with Gasteiger partial charge in [-0.15, -0.1) is 11.3 Å². The summed E-state index contributed by atoms with van der Waals surface area (Å²) >= 11 is 1.35. The molecule has 3 rings (SSSR count). The van der Waals surface area contributed by atoms with Crippen LogP contribution in [0, 0.1) is 21.4 Å². The summed E-state index contributed by atoms with van der Waals surface area (Å²) in [5.41, 5.74) is 1.06. The van der Waals surface area contributed by atoms with E-state index in [0.29, 0.717) is 5.01 Å². The molecule has 6 nitrogen and oxygen atoms in total. The van der Waals surface area contributed by atoms with Gasteiger partial charge in [0.2, 0.25) is 0 Å². The number of nitriles is 1. The van der Waals surface area contributed by atoms with Gasteiger partial charge in [-0.05, 0) is 24.3 Å². The lowest BCUT2D eigenvalue weighted by Crippen LogP contribution is -1.89. The predicted octanol–water partition coefficient (Wildman–Crippen LogP) is 3.97. The van der Waals surface area contributed by atoms with E-state index in [1.54, 1.807) is 0 Å². The maximum absolute atomic E-state index is 10.8. The van der Waals surface area contributed by atoms with E-state index < -0.39 is 4.92 Å². The molecular weight excluding hydrogens is 314 g/mol. The van der Waals surface area contributed by atoms with E-state index >= 15 is 0 Å². The molecule has 7 heteroatoms. The standard InChI is InChI=1S/C16H9N3O3S/c17-9-11(16-18-13-3-1-2-4-15(13)23-16)7-10-8-12(19(21)22)5-6-14(10)20/h1-8,20H. The molecule has 0 fully saturated rings. The second-order valence-corrected chi connectivity index (χ2v) is 5.69. The second-order valence-electron chi connectivity index (χ2n) is 4.66. The first-order chi connectivity index (χ1) is 11.1. The summed E-state index contributed by atoms with van der Waals surface area (Å²) in [5.74, 6) is -0.135. The fraction of sp³-hybridized carbons (Fsp3) is 0. The van der Waals surface area contributed by atoms with Gasteiger partial charge in [0.25, 0.3) is 5.69 Å². The van der Waals surface area contributed by atoms with Crippen molar-refractivity contribution in [1.82, 2.24) is 4.98 Å². The van der Waals surface area contributed by atoms with Gasteiger partial charge in [-0.1, -0.05) is 12.1 Å². The number of allylic oxidation sites excluding steroid dienone is 1. The minimum Gasteiger partial charge on any atom is -0.507 e. The Morgan fingerprint density at radius 2 is 2.13 bits per heavy atom. The van der Waals surface area contributed by atoms with Gasteiger partial charge in [-0.25, -0.2) is 4.98 Å². The number of hydrogen-bond acceptors (Lipinski definition) is 6. The Balaban J connectivity index is 2.10. The van der Waals surface area contributed by atoms with E-state index in [0.717, 1.165) is 10.2 Å². The first kappa shape index (κ1) is 14.7. The normalized spacial score (nSPS) is 11.3. The van der Waals surface area contributed by atoms with E-state index in [4.69, 9.17) is 0 Å². The molecular formula is C16H9N3O3S. The summed E-state index contributed by atoms with van der Waals surface area (Å²) in [7, 11) is 0. The lowest BCUT2D eigenvalue weighted by Gasteiger charge is -2.00. The average molecular weight is 323 g/mol. The van der Waals surface area contributed by atoms with Crippen LogP contribution in [0.15, 0.2) is 42.5 Å². The fourth-order valence-corrected chi connectivity index (χ4v) is 2.99. The number of benzene rings is 2. The molecule has 0 amide bonds. The number of rotatable bonds is 3. The third kappa shape index (κ3) is 2.88. The molecule has 1 heterocycles. The molecule has 0 aliphatic heterocycles. The van der Waals surface area contributed by atoms with Crippen LogP contribution in [0.1, 0.15) is 10.6 Å². The van der Waals surface area contributed by atoms with Gasteiger partial charge in [-0.2, -0.15) is 5.26 Å². The monoisotopic (exact) mass is 323 g/mol. The number of fused-ring (bicyclic) bond motifs is 1. The summed E-state index contributed by atoms with van der Waals surface area (Å²) in [5, 5.41) is 30.6. The van der Waals surface area contributed by atoms with E-state index in [9.17, 15) is 20.5 Å². The van der Waals surface area contributed by atoms with Gasteiger partial charge in [-0.3, -0.25) is 10.1 Å². The minimum absolute atomic E-state index is 0.135. The van der Waals surface area contributed by atoms with Crippen LogP contribution in [0.2, 0.25) is 0 Å². The SMILES string of the molecule is N#CC(=Cc1cc([N+](=O)[O-])ccc1O)c1nc2ccccc2s1. The second kappa shape index (κ2) is 5.87. The molecule has 0 unspecified atom stereocenters. The first-order valence-electron chi connectivity index (χ1n) is 6.53. The zero-order valence-corrected chi connectivity index (χ0v) is 12.4. The third-order valence-electron chi connectivity index (χ3n) is 3.17. The molecule has 1 aromatic heterocycles. The van der Waals surface area contributed by atoms with Crippen molar-refractivity contribution in [3.05, 3.63) is 63.1 Å². The maximum Gasteiger partial charge on any atom is 0.270 e. The zero-order chi connectivity index (χ0) is 16.4. The van der Waals surface area contributed by atoms with Gasteiger partial charge in [0.1, 0.15) is 16.8 Å². The number of phenolic OH excluding ortho intramolecular Hbond substituents is 1. The summed E-state index contributed by atoms with van der Waals surface area (Å²) in [6, 6.07) is 13.2. The highest BCUT2D eigenvalue weighted by molar-refractivity contribution is 7.19. The predicted molar refractivity (Wildman–Crippen MR) is 87.9 cm³/mol. The number of nitro groups is 1. The Bertz CT molecular complexity index is 953. The first-order valence-corrected chi connectivity index (χ1v) is 7.35. The average Bonchev–Trinajstić information content (AvgIpc) is 2.97. The minimum atomic E-state index is -0.555. The molecule has 0 bridgehead atoms. The van der Waals surface area contributed by atoms with Gasteiger partial charge < -0.3 is 5.11 Å². The molecule has 112 valence electrons. The van der Waals surface area contributed by atoms with E-state index in [1.165, 1.54) is 35.6 Å². The third-order valence-corrected chi connectivity index (χ3v) is 4.24. The largest absolute Gasteiger partial charge is 0.507 e. The molecule has 1 N–H and O–H groups in total. The van der Waals surface area contributed by atoms with Crippen molar-refractivity contribution >= 4 is 38.9 Å². The lowest BCUT2D eigenvalue weighted by molar-refractivity contribution is -0.384. The molecule has 0 aliphatic carbocycles. The molecule has 3 aromatic rings. The smallest absolute Gasteiger partial charge is 0.270 e. The van der Waals surface area contributed by atoms with Crippen molar-refractivity contribution in [3.8, 4) is 11.8 Å². The number of para-hydroxylation sites is 1. The number of nitrogens with zero attached hydrogens (tertiary/aromatic N) is 3. The number of non-ortho nitro benzene ring substituents is 1. The van der Waals surface area contributed by atoms with Crippen LogP contribution in [0.4, 0.5) is 5.69 Å². The van der Waals surface area contributed by atoms with Crippen molar-refractivity contribution in [3.63, 3.8) is 0 Å². The van der Waals surface area contributed by atoms with Gasteiger partial charge in [0.05, 0.1) is 20.7 Å². The van der Waals surface area contributed by atoms with Crippen LogP contribution in [0.3, 0.4) is 0 Å². The lowest BCUT2D eigenvalue weighted by atomic mass is 10.1. The Hall–Kier alpha value is -3.24. The number of aromatic hydroxyl groups is 1. The summed E-state index contributed by atoms with van der Waals surface area (Å²) in [6.45, 7) is 0. The van der Waals surface area contributed by atoms with Crippen LogP contribution in [0.5, 0.6) is 5.75 Å². The van der Waals surface area contributed by atoms with Gasteiger partial charge in [0.15, 0.2) is 0 Å². The Kier molecular flexibility index (Phi) is 3.75. The van der Waals surface area contributed by atoms with Crippen molar-refractivity contribution in [2.45, 2.75) is 0 Å². The molecule has 2 aromatic carbocycles. The van der Waals surface area contributed by atoms with Crippen LogP contribution in [0.25, 0.3) is 21.9 Å². The van der Waals surface area contributed by atoms with Crippen LogP contribution < -0.4 is 0 Å². The quantitative estimate of drug-likeness (QED) is 0.446. The highest BCUT2D eigenvalue weighted by Crippen LogP contribution is 2.31. The van der Waals surface area contributed by atoms with Crippen LogP contribution >= 0.6 is 11.3 Å². The molecule has 0 radical (unpaired) electrons. The van der Waals surface area contributed by atoms with Crippen molar-refractivity contribution in [1.29, 1.82) is 5.26 Å². The summed E-state index contributed by atoms with van der Waals surface area (Å²) in [6.07, 6.45) is 1.40. The number of aromatic nitrogens is 1. The maximum atomic E-state index is 10.8. The summed E-state index contributed by atoms with van der Waals surface area (Å²) in [4.78, 5) is 14.7. The van der Waals surface area contributed by atoms with Crippen molar-refractivity contribution in [2.24, 2.45) is 0 Å². The molecule has 0 spiro atoms. The fourth-order valence-electron chi connectivity index (χ4n) is 2.06. The highest BCUT2D eigenvalue weighted by Gasteiger charge is 2.12. The highest BCUT2D eigenvalue weighted by atomic mass is 32.1. The van der Waals surface area contributed by atoms with Crippen molar-refractivity contribution in [2.75, 3.05) is 0 Å². The molecule has 0 saturated carbocycles. The van der Waals surface area contributed by atoms with Crippen LogP contribution in [-0.4, -0.2) is 15.0 Å². The van der Waals surface area contributed by atoms with E-state index in [1.807, 2.05) is 30.3 Å². The van der Waals surface area contributed by atoms with Gasteiger partial charge in [0, 0.05) is 17.7 Å². The van der Waals surface area contributed by atoms with Gasteiger partial charge >= 0.3 is 0 Å². The number of hydrogen-bond donors (Lipinski definition) is 1. The number of nitro benzene ring substituents is 1. The van der Waals surface area contributed by atoms with Crippen molar-refractivity contribution < 1.29 is 10.0 Å². The number of phenols is 1. The zero-order valence-electron chi connectivity index (χ0n) is 11.6. The number of thiazole rings is 1. The molecule has 23 heavy (non-hydrogen) atoms. The Labute approximate surface area is 134 Å². The van der Waals surface area contributed by atoms with E-state index in [-0.39, 0.29) is 22.6 Å². The molecule has 0 aliphatic rings. The summed E-state index contributed by atoms with van der Waals surface area (Å²) < 4.78 is 0.937. The Morgan fingerprint density at radius 3 is 2.83 bits per heavy atom. The topological polar surface area (TPSA) is 100 Å². The molecule has 0 saturated heterocycles. The van der Waals surface area contributed by atoms with E-state index in [2.05, 4.69) is 4.98 Å². The Morgan fingerprint density at radius 1 is 1.35 bits per heavy atom. The van der Waals surface area contributed by atoms with Crippen LogP contribution in [-0.2, 0) is 0 Å². The molecule has 0 atom stereocenters.